The Morgan fingerprint density at radius 2 is 1.57 bits per heavy atom. The van der Waals surface area contributed by atoms with Gasteiger partial charge in [-0.05, 0) is 91.4 Å². The minimum Gasteiger partial charge on any atom is -0.457 e. The summed E-state index contributed by atoms with van der Waals surface area (Å²) in [7, 11) is 0. The predicted molar refractivity (Wildman–Crippen MR) is 162 cm³/mol. The van der Waals surface area contributed by atoms with Crippen molar-refractivity contribution in [3.63, 3.8) is 0 Å². The van der Waals surface area contributed by atoms with E-state index in [1.54, 1.807) is 41.3 Å². The predicted octanol–water partition coefficient (Wildman–Crippen LogP) is 7.05. The van der Waals surface area contributed by atoms with Crippen LogP contribution in [0.5, 0.6) is 11.5 Å². The fraction of sp³-hybridized carbons (Fsp3) is 0.200. The molecule has 2 heterocycles. The SMILES string of the molecule is Cc1[nH]c2ccccc2c1CC(=O)N1C[C@H](Cc2ccccc2)C[C@H]1C(=O)Nc1ccc(Oc2ccc(F)cc2)cc1. The third kappa shape index (κ3) is 6.05. The number of para-hydroxylation sites is 1. The normalized spacial score (nSPS) is 16.5. The molecule has 2 N–H and O–H groups in total. The minimum absolute atomic E-state index is 0.0541. The molecule has 42 heavy (non-hydrogen) atoms. The van der Waals surface area contributed by atoms with E-state index in [2.05, 4.69) is 22.4 Å². The van der Waals surface area contributed by atoms with E-state index in [0.717, 1.165) is 28.6 Å². The largest absolute Gasteiger partial charge is 0.457 e. The molecule has 0 bridgehead atoms. The van der Waals surface area contributed by atoms with E-state index >= 15 is 0 Å². The monoisotopic (exact) mass is 561 g/mol. The molecule has 2 atom stereocenters. The summed E-state index contributed by atoms with van der Waals surface area (Å²) in [5.41, 5.74) is 4.74. The number of aromatic amines is 1. The summed E-state index contributed by atoms with van der Waals surface area (Å²) in [5, 5.41) is 4.04. The van der Waals surface area contributed by atoms with Crippen LogP contribution in [-0.2, 0) is 22.4 Å². The van der Waals surface area contributed by atoms with Gasteiger partial charge in [-0.25, -0.2) is 4.39 Å². The van der Waals surface area contributed by atoms with Gasteiger partial charge in [-0.1, -0.05) is 48.5 Å². The molecule has 6 nitrogen and oxygen atoms in total. The molecular weight excluding hydrogens is 529 g/mol. The van der Waals surface area contributed by atoms with Crippen molar-refractivity contribution in [2.45, 2.75) is 32.2 Å². The van der Waals surface area contributed by atoms with Crippen molar-refractivity contribution in [3.8, 4) is 11.5 Å². The average Bonchev–Trinajstić information content (AvgIpc) is 3.56. The maximum absolute atomic E-state index is 13.8. The lowest BCUT2D eigenvalue weighted by Crippen LogP contribution is -2.43. The van der Waals surface area contributed by atoms with Gasteiger partial charge in [0.05, 0.1) is 6.42 Å². The van der Waals surface area contributed by atoms with Crippen molar-refractivity contribution in [2.24, 2.45) is 5.92 Å². The number of H-pyrrole nitrogens is 1. The number of amides is 2. The molecule has 1 aliphatic heterocycles. The summed E-state index contributed by atoms with van der Waals surface area (Å²) in [4.78, 5) is 32.6. The molecule has 212 valence electrons. The number of aryl methyl sites for hydroxylation is 1. The molecular formula is C35H32FN3O3. The standard InChI is InChI=1S/C35H32FN3O3/c1-23-31(30-9-5-6-10-32(30)37-23)21-34(40)39-22-25(19-24-7-3-2-4-8-24)20-33(39)35(41)38-27-13-17-29(18-14-27)42-28-15-11-26(36)12-16-28/h2-18,25,33,37H,19-22H2,1H3,(H,38,41)/t25-,33+/m1/s1. The molecule has 5 aromatic rings. The van der Waals surface area contributed by atoms with Gasteiger partial charge in [0.1, 0.15) is 23.4 Å². The van der Waals surface area contributed by atoms with Crippen molar-refractivity contribution in [1.29, 1.82) is 0 Å². The first-order chi connectivity index (χ1) is 20.4. The van der Waals surface area contributed by atoms with Crippen LogP contribution in [-0.4, -0.2) is 34.3 Å². The minimum atomic E-state index is -0.577. The number of hydrogen-bond acceptors (Lipinski definition) is 3. The molecule has 1 fully saturated rings. The summed E-state index contributed by atoms with van der Waals surface area (Å²) in [5.74, 6) is 0.658. The zero-order valence-electron chi connectivity index (χ0n) is 23.3. The number of ether oxygens (including phenoxy) is 1. The highest BCUT2D eigenvalue weighted by Crippen LogP contribution is 2.30. The second kappa shape index (κ2) is 11.9. The molecule has 2 amide bonds. The lowest BCUT2D eigenvalue weighted by Gasteiger charge is -2.24. The van der Waals surface area contributed by atoms with Gasteiger partial charge in [-0.2, -0.15) is 0 Å². The fourth-order valence-corrected chi connectivity index (χ4v) is 5.83. The Kier molecular flexibility index (Phi) is 7.73. The van der Waals surface area contributed by atoms with Gasteiger partial charge < -0.3 is 19.9 Å². The van der Waals surface area contributed by atoms with Crippen molar-refractivity contribution in [2.75, 3.05) is 11.9 Å². The van der Waals surface area contributed by atoms with E-state index in [-0.39, 0.29) is 30.0 Å². The van der Waals surface area contributed by atoms with E-state index in [0.29, 0.717) is 30.2 Å². The van der Waals surface area contributed by atoms with Gasteiger partial charge in [0.15, 0.2) is 0 Å². The molecule has 1 saturated heterocycles. The number of rotatable bonds is 8. The Morgan fingerprint density at radius 3 is 2.31 bits per heavy atom. The van der Waals surface area contributed by atoms with Gasteiger partial charge in [0, 0.05) is 28.8 Å². The Hall–Kier alpha value is -4.91. The second-order valence-corrected chi connectivity index (χ2v) is 10.9. The summed E-state index contributed by atoms with van der Waals surface area (Å²) in [6.07, 6.45) is 1.62. The molecule has 0 aliphatic carbocycles. The molecule has 6 rings (SSSR count). The molecule has 7 heteroatoms. The molecule has 4 aromatic carbocycles. The second-order valence-electron chi connectivity index (χ2n) is 10.9. The van der Waals surface area contributed by atoms with Gasteiger partial charge in [0.2, 0.25) is 11.8 Å². The van der Waals surface area contributed by atoms with Crippen LogP contribution < -0.4 is 10.1 Å². The maximum atomic E-state index is 13.8. The number of nitrogens with one attached hydrogen (secondary N) is 2. The molecule has 1 aromatic heterocycles. The van der Waals surface area contributed by atoms with E-state index < -0.39 is 6.04 Å². The first-order valence-corrected chi connectivity index (χ1v) is 14.2. The van der Waals surface area contributed by atoms with Crippen molar-refractivity contribution in [3.05, 3.63) is 126 Å². The van der Waals surface area contributed by atoms with Crippen LogP contribution in [0.15, 0.2) is 103 Å². The first-order valence-electron chi connectivity index (χ1n) is 14.2. The quantitative estimate of drug-likeness (QED) is 0.213. The number of halogens is 1. The Bertz CT molecular complexity index is 1700. The molecule has 0 saturated carbocycles. The van der Waals surface area contributed by atoms with Crippen LogP contribution >= 0.6 is 0 Å². The number of benzene rings is 4. The third-order valence-electron chi connectivity index (χ3n) is 7.90. The van der Waals surface area contributed by atoms with Crippen LogP contribution in [0.1, 0.15) is 23.2 Å². The van der Waals surface area contributed by atoms with E-state index in [4.69, 9.17) is 4.74 Å². The summed E-state index contributed by atoms with van der Waals surface area (Å²) >= 11 is 0. The van der Waals surface area contributed by atoms with Gasteiger partial charge in [-0.15, -0.1) is 0 Å². The maximum Gasteiger partial charge on any atom is 0.247 e. The van der Waals surface area contributed by atoms with Gasteiger partial charge in [0.25, 0.3) is 0 Å². The van der Waals surface area contributed by atoms with Crippen LogP contribution in [0.4, 0.5) is 10.1 Å². The highest BCUT2D eigenvalue weighted by Gasteiger charge is 2.39. The topological polar surface area (TPSA) is 74.4 Å². The van der Waals surface area contributed by atoms with E-state index in [9.17, 15) is 14.0 Å². The summed E-state index contributed by atoms with van der Waals surface area (Å²) in [6.45, 7) is 2.51. The van der Waals surface area contributed by atoms with Crippen molar-refractivity contribution < 1.29 is 18.7 Å². The number of carbonyl (C=O) groups excluding carboxylic acids is 2. The zero-order chi connectivity index (χ0) is 29.1. The highest BCUT2D eigenvalue weighted by atomic mass is 19.1. The zero-order valence-corrected chi connectivity index (χ0v) is 23.3. The average molecular weight is 562 g/mol. The fourth-order valence-electron chi connectivity index (χ4n) is 5.83. The molecule has 0 unspecified atom stereocenters. The number of likely N-dealkylation sites (tertiary alicyclic amines) is 1. The highest BCUT2D eigenvalue weighted by molar-refractivity contribution is 5.98. The summed E-state index contributed by atoms with van der Waals surface area (Å²) < 4.78 is 19.0. The number of fused-ring (bicyclic) bond motifs is 1. The van der Waals surface area contributed by atoms with Crippen molar-refractivity contribution >= 4 is 28.4 Å². The number of anilines is 1. The lowest BCUT2D eigenvalue weighted by atomic mass is 9.96. The smallest absolute Gasteiger partial charge is 0.247 e. The van der Waals surface area contributed by atoms with Crippen LogP contribution in [0.3, 0.4) is 0 Å². The number of aromatic nitrogens is 1. The van der Waals surface area contributed by atoms with E-state index in [1.807, 2.05) is 49.4 Å². The summed E-state index contributed by atoms with van der Waals surface area (Å²) in [6, 6.07) is 30.4. The number of carbonyl (C=O) groups is 2. The van der Waals surface area contributed by atoms with Gasteiger partial charge >= 0.3 is 0 Å². The van der Waals surface area contributed by atoms with Crippen LogP contribution in [0.2, 0.25) is 0 Å². The first kappa shape index (κ1) is 27.3. The van der Waals surface area contributed by atoms with Crippen LogP contribution in [0.25, 0.3) is 10.9 Å². The number of nitrogens with zero attached hydrogens (tertiary/aromatic N) is 1. The molecule has 0 radical (unpaired) electrons. The Balaban J connectivity index is 1.18. The Morgan fingerprint density at radius 1 is 0.905 bits per heavy atom. The lowest BCUT2D eigenvalue weighted by molar-refractivity contribution is -0.136. The Labute approximate surface area is 244 Å². The molecule has 0 spiro atoms. The van der Waals surface area contributed by atoms with Gasteiger partial charge in [-0.3, -0.25) is 9.59 Å². The van der Waals surface area contributed by atoms with Crippen LogP contribution in [0, 0.1) is 18.7 Å². The van der Waals surface area contributed by atoms with Crippen molar-refractivity contribution in [1.82, 2.24) is 9.88 Å². The number of hydrogen-bond donors (Lipinski definition) is 2. The van der Waals surface area contributed by atoms with E-state index in [1.165, 1.54) is 17.7 Å². The molecule has 1 aliphatic rings. The third-order valence-corrected chi connectivity index (χ3v) is 7.90.